The lowest BCUT2D eigenvalue weighted by molar-refractivity contribution is -0.121. The molecule has 2 N–H and O–H groups in total. The van der Waals surface area contributed by atoms with E-state index in [0.717, 1.165) is 32.5 Å². The number of anilines is 1. The standard InChI is InChI=1S/C30H35Cl2N5O3S/c1-20(2)16-37(29(40)25-9-8-22(31)14-26(25)32)18-28(39)35-30-34-24(19-41-30)15-27(38)33-23-10-12-36(13-11-23)17-21-6-4-3-5-7-21/h3-9,14,19-20,23H,10-13,15-18H2,1-2H3,(H,33,38)(H,34,35,39). The van der Waals surface area contributed by atoms with Crippen LogP contribution in [0.25, 0.3) is 0 Å². The molecule has 0 radical (unpaired) electrons. The number of carbonyl (C=O) groups is 3. The number of hydrogen-bond donors (Lipinski definition) is 2. The van der Waals surface area contributed by atoms with Crippen LogP contribution in [0.5, 0.6) is 0 Å². The quantitative estimate of drug-likeness (QED) is 0.297. The lowest BCUT2D eigenvalue weighted by Crippen LogP contribution is -2.44. The first-order valence-corrected chi connectivity index (χ1v) is 15.3. The summed E-state index contributed by atoms with van der Waals surface area (Å²) >= 11 is 13.5. The first-order chi connectivity index (χ1) is 19.7. The van der Waals surface area contributed by atoms with Crippen molar-refractivity contribution in [1.29, 1.82) is 0 Å². The first-order valence-electron chi connectivity index (χ1n) is 13.7. The van der Waals surface area contributed by atoms with E-state index in [0.29, 0.717) is 22.4 Å². The first kappa shape index (κ1) is 31.0. The number of piperidine rings is 1. The van der Waals surface area contributed by atoms with Crippen molar-refractivity contribution in [3.05, 3.63) is 80.8 Å². The number of benzene rings is 2. The van der Waals surface area contributed by atoms with Gasteiger partial charge in [0.25, 0.3) is 5.91 Å². The Kier molecular flexibility index (Phi) is 11.2. The highest BCUT2D eigenvalue weighted by Gasteiger charge is 2.24. The molecule has 4 rings (SSSR count). The summed E-state index contributed by atoms with van der Waals surface area (Å²) < 4.78 is 0. The molecule has 1 aliphatic heterocycles. The highest BCUT2D eigenvalue weighted by molar-refractivity contribution is 7.13. The molecule has 8 nitrogen and oxygen atoms in total. The molecule has 2 heterocycles. The van der Waals surface area contributed by atoms with Crippen molar-refractivity contribution in [1.82, 2.24) is 20.1 Å². The number of nitrogens with zero attached hydrogens (tertiary/aromatic N) is 3. The summed E-state index contributed by atoms with van der Waals surface area (Å²) in [5.41, 5.74) is 2.17. The molecular weight excluding hydrogens is 581 g/mol. The van der Waals surface area contributed by atoms with Crippen LogP contribution in [0.2, 0.25) is 10.0 Å². The number of nitrogens with one attached hydrogen (secondary N) is 2. The molecular formula is C30H35Cl2N5O3S. The lowest BCUT2D eigenvalue weighted by atomic mass is 10.0. The van der Waals surface area contributed by atoms with Crippen LogP contribution in [0, 0.1) is 5.92 Å². The van der Waals surface area contributed by atoms with Crippen molar-refractivity contribution in [3.63, 3.8) is 0 Å². The summed E-state index contributed by atoms with van der Waals surface area (Å²) in [4.78, 5) is 47.0. The number of likely N-dealkylation sites (tertiary alicyclic amines) is 1. The molecule has 0 atom stereocenters. The smallest absolute Gasteiger partial charge is 0.255 e. The molecule has 1 saturated heterocycles. The van der Waals surface area contributed by atoms with Crippen molar-refractivity contribution in [2.45, 2.75) is 45.7 Å². The molecule has 0 unspecified atom stereocenters. The molecule has 11 heteroatoms. The Hall–Kier alpha value is -2.98. The second-order valence-electron chi connectivity index (χ2n) is 10.7. The van der Waals surface area contributed by atoms with E-state index in [2.05, 4.69) is 44.8 Å². The van der Waals surface area contributed by atoms with Crippen molar-refractivity contribution in [3.8, 4) is 0 Å². The molecule has 41 heavy (non-hydrogen) atoms. The monoisotopic (exact) mass is 615 g/mol. The van der Waals surface area contributed by atoms with Gasteiger partial charge < -0.3 is 15.5 Å². The molecule has 1 aliphatic rings. The Labute approximate surface area is 255 Å². The minimum Gasteiger partial charge on any atom is -0.353 e. The number of halogens is 2. The Morgan fingerprint density at radius 3 is 2.49 bits per heavy atom. The van der Waals surface area contributed by atoms with Gasteiger partial charge in [0.1, 0.15) is 6.54 Å². The van der Waals surface area contributed by atoms with Crippen molar-refractivity contribution in [2.24, 2.45) is 5.92 Å². The molecule has 1 aromatic heterocycles. The Balaban J connectivity index is 1.24. The van der Waals surface area contributed by atoms with Crippen molar-refractivity contribution < 1.29 is 14.4 Å². The summed E-state index contributed by atoms with van der Waals surface area (Å²) in [5, 5.41) is 8.70. The van der Waals surface area contributed by atoms with Gasteiger partial charge in [-0.15, -0.1) is 11.3 Å². The third kappa shape index (κ3) is 9.53. The zero-order chi connectivity index (χ0) is 29.4. The zero-order valence-corrected chi connectivity index (χ0v) is 25.6. The molecule has 218 valence electrons. The molecule has 3 aromatic rings. The Morgan fingerprint density at radius 1 is 1.07 bits per heavy atom. The topological polar surface area (TPSA) is 94.6 Å². The van der Waals surface area contributed by atoms with Crippen LogP contribution in [0.1, 0.15) is 48.3 Å². The van der Waals surface area contributed by atoms with Gasteiger partial charge in [0.2, 0.25) is 11.8 Å². The second-order valence-corrected chi connectivity index (χ2v) is 12.4. The fourth-order valence-electron chi connectivity index (χ4n) is 4.79. The van der Waals surface area contributed by atoms with Gasteiger partial charge in [-0.1, -0.05) is 67.4 Å². The van der Waals surface area contributed by atoms with Gasteiger partial charge in [-0.3, -0.25) is 19.3 Å². The van der Waals surface area contributed by atoms with E-state index in [1.54, 1.807) is 17.5 Å². The average molecular weight is 617 g/mol. The normalized spacial score (nSPS) is 14.2. The van der Waals surface area contributed by atoms with E-state index in [1.807, 2.05) is 19.9 Å². The van der Waals surface area contributed by atoms with Crippen LogP contribution < -0.4 is 10.6 Å². The maximum absolute atomic E-state index is 13.1. The SMILES string of the molecule is CC(C)CN(CC(=O)Nc1nc(CC(=O)NC2CCN(Cc3ccccc3)CC2)cs1)C(=O)c1ccc(Cl)cc1Cl. The summed E-state index contributed by atoms with van der Waals surface area (Å²) in [7, 11) is 0. The van der Waals surface area contributed by atoms with Gasteiger partial charge in [-0.25, -0.2) is 4.98 Å². The summed E-state index contributed by atoms with van der Waals surface area (Å²) in [6.07, 6.45) is 1.96. The van der Waals surface area contributed by atoms with E-state index in [9.17, 15) is 14.4 Å². The third-order valence-corrected chi connectivity index (χ3v) is 8.06. The minimum absolute atomic E-state index is 0.0803. The van der Waals surface area contributed by atoms with Crippen molar-refractivity contribution in [2.75, 3.05) is 31.5 Å². The predicted molar refractivity (Wildman–Crippen MR) is 165 cm³/mol. The van der Waals surface area contributed by atoms with Gasteiger partial charge in [0, 0.05) is 42.6 Å². The number of thiazole rings is 1. The average Bonchev–Trinajstić information content (AvgIpc) is 3.35. The van der Waals surface area contributed by atoms with Gasteiger partial charge in [-0.2, -0.15) is 0 Å². The van der Waals surface area contributed by atoms with Crippen LogP contribution in [-0.2, 0) is 22.6 Å². The maximum Gasteiger partial charge on any atom is 0.255 e. The fraction of sp³-hybridized carbons (Fsp3) is 0.400. The van der Waals surface area contributed by atoms with Crippen LogP contribution in [0.3, 0.4) is 0 Å². The van der Waals surface area contributed by atoms with Crippen LogP contribution >= 0.6 is 34.5 Å². The van der Waals surface area contributed by atoms with E-state index >= 15 is 0 Å². The molecule has 1 fully saturated rings. The van der Waals surface area contributed by atoms with Crippen LogP contribution in [0.4, 0.5) is 5.13 Å². The molecule has 0 spiro atoms. The largest absolute Gasteiger partial charge is 0.353 e. The molecule has 0 saturated carbocycles. The fourth-order valence-corrected chi connectivity index (χ4v) is 6.01. The zero-order valence-electron chi connectivity index (χ0n) is 23.2. The van der Waals surface area contributed by atoms with Gasteiger partial charge in [-0.05, 0) is 42.5 Å². The van der Waals surface area contributed by atoms with E-state index < -0.39 is 0 Å². The number of carbonyl (C=O) groups excluding carboxylic acids is 3. The van der Waals surface area contributed by atoms with Crippen LogP contribution in [-0.4, -0.2) is 64.7 Å². The number of rotatable bonds is 11. The van der Waals surface area contributed by atoms with Gasteiger partial charge in [0.15, 0.2) is 5.13 Å². The highest BCUT2D eigenvalue weighted by Crippen LogP contribution is 2.23. The maximum atomic E-state index is 13.1. The molecule has 0 bridgehead atoms. The molecule has 3 amide bonds. The lowest BCUT2D eigenvalue weighted by Gasteiger charge is -2.32. The summed E-state index contributed by atoms with van der Waals surface area (Å²) in [6, 6.07) is 15.2. The number of aromatic nitrogens is 1. The predicted octanol–water partition coefficient (Wildman–Crippen LogP) is 5.51. The Bertz CT molecular complexity index is 1340. The summed E-state index contributed by atoms with van der Waals surface area (Å²) in [6.45, 7) is 6.95. The van der Waals surface area contributed by atoms with Crippen LogP contribution in [0.15, 0.2) is 53.9 Å². The Morgan fingerprint density at radius 2 is 1.80 bits per heavy atom. The molecule has 0 aliphatic carbocycles. The minimum atomic E-state index is -0.378. The molecule has 2 aromatic carbocycles. The van der Waals surface area contributed by atoms with Gasteiger partial charge >= 0.3 is 0 Å². The second kappa shape index (κ2) is 14.8. The third-order valence-electron chi connectivity index (χ3n) is 6.71. The highest BCUT2D eigenvalue weighted by atomic mass is 35.5. The number of amides is 3. The van der Waals surface area contributed by atoms with E-state index in [-0.39, 0.29) is 53.2 Å². The van der Waals surface area contributed by atoms with E-state index in [1.165, 1.54) is 27.9 Å². The van der Waals surface area contributed by atoms with Crippen molar-refractivity contribution >= 4 is 57.4 Å². The van der Waals surface area contributed by atoms with Gasteiger partial charge in [0.05, 0.1) is 22.7 Å². The summed E-state index contributed by atoms with van der Waals surface area (Å²) in [5.74, 6) is -0.670. The number of hydrogen-bond acceptors (Lipinski definition) is 6. The van der Waals surface area contributed by atoms with E-state index in [4.69, 9.17) is 23.2 Å².